The summed E-state index contributed by atoms with van der Waals surface area (Å²) in [5, 5.41) is 3.16. The van der Waals surface area contributed by atoms with Crippen LogP contribution in [0.4, 0.5) is 23.0 Å². The molecule has 19 heavy (non-hydrogen) atoms. The fourth-order valence-corrected chi connectivity index (χ4v) is 1.72. The van der Waals surface area contributed by atoms with E-state index in [1.807, 2.05) is 43.3 Å². The Morgan fingerprint density at radius 2 is 1.95 bits per heavy atom. The first-order chi connectivity index (χ1) is 9.13. The normalized spacial score (nSPS) is 10.1. The number of rotatable bonds is 4. The lowest BCUT2D eigenvalue weighted by Crippen LogP contribution is -2.14. The molecular formula is C13H17N5O. The molecule has 0 saturated carbocycles. The van der Waals surface area contributed by atoms with Gasteiger partial charge in [0.2, 0.25) is 0 Å². The Morgan fingerprint density at radius 3 is 2.63 bits per heavy atom. The van der Waals surface area contributed by atoms with Gasteiger partial charge in [0.1, 0.15) is 17.8 Å². The van der Waals surface area contributed by atoms with E-state index in [0.29, 0.717) is 17.3 Å². The van der Waals surface area contributed by atoms with Crippen molar-refractivity contribution in [2.75, 3.05) is 37.2 Å². The molecule has 0 aliphatic carbocycles. The van der Waals surface area contributed by atoms with Crippen LogP contribution in [-0.4, -0.2) is 31.2 Å². The molecule has 0 saturated heterocycles. The number of anilines is 4. The van der Waals surface area contributed by atoms with E-state index in [2.05, 4.69) is 15.3 Å². The third-order valence-corrected chi connectivity index (χ3v) is 2.65. The summed E-state index contributed by atoms with van der Waals surface area (Å²) in [5.41, 5.74) is 7.36. The number of benzene rings is 1. The summed E-state index contributed by atoms with van der Waals surface area (Å²) in [6, 6.07) is 7.58. The monoisotopic (exact) mass is 259 g/mol. The Bertz CT molecular complexity index is 571. The smallest absolute Gasteiger partial charge is 0.159 e. The lowest BCUT2D eigenvalue weighted by Gasteiger charge is -2.17. The molecule has 1 aromatic carbocycles. The minimum absolute atomic E-state index is 0.499. The van der Waals surface area contributed by atoms with Crippen molar-refractivity contribution < 1.29 is 4.74 Å². The average molecular weight is 259 g/mol. The number of nitrogen functional groups attached to an aromatic ring is 1. The number of ether oxygens (including phenoxy) is 1. The van der Waals surface area contributed by atoms with Crippen LogP contribution in [0, 0.1) is 0 Å². The number of aromatic nitrogens is 2. The number of nitrogens with two attached hydrogens (primary N) is 1. The number of hydrogen-bond donors (Lipinski definition) is 2. The van der Waals surface area contributed by atoms with Crippen molar-refractivity contribution >= 4 is 23.0 Å². The fraction of sp³-hybridized carbons (Fsp3) is 0.231. The highest BCUT2D eigenvalue weighted by Gasteiger charge is 2.11. The molecular weight excluding hydrogens is 242 g/mol. The molecule has 0 fully saturated rings. The van der Waals surface area contributed by atoms with Crippen LogP contribution in [0.15, 0.2) is 30.6 Å². The Kier molecular flexibility index (Phi) is 3.70. The lowest BCUT2D eigenvalue weighted by atomic mass is 10.3. The Morgan fingerprint density at radius 1 is 1.21 bits per heavy atom. The maximum absolute atomic E-state index is 6.05. The van der Waals surface area contributed by atoms with Gasteiger partial charge < -0.3 is 20.7 Å². The second-order valence-corrected chi connectivity index (χ2v) is 4.18. The van der Waals surface area contributed by atoms with Crippen molar-refractivity contribution in [2.45, 2.75) is 0 Å². The Hall–Kier alpha value is -2.50. The summed E-state index contributed by atoms with van der Waals surface area (Å²) in [5.74, 6) is 1.96. The second kappa shape index (κ2) is 5.43. The molecule has 6 heteroatoms. The van der Waals surface area contributed by atoms with Crippen LogP contribution in [0.1, 0.15) is 0 Å². The van der Waals surface area contributed by atoms with Gasteiger partial charge >= 0.3 is 0 Å². The summed E-state index contributed by atoms with van der Waals surface area (Å²) in [4.78, 5) is 10.1. The SMILES string of the molecule is COc1ccccc1Nc1ncnc(N(C)C)c1N. The Balaban J connectivity index is 2.36. The van der Waals surface area contributed by atoms with Crippen LogP contribution in [0.5, 0.6) is 5.75 Å². The average Bonchev–Trinajstić information content (AvgIpc) is 2.41. The first-order valence-corrected chi connectivity index (χ1v) is 5.81. The van der Waals surface area contributed by atoms with Crippen molar-refractivity contribution in [1.29, 1.82) is 0 Å². The highest BCUT2D eigenvalue weighted by Crippen LogP contribution is 2.31. The number of hydrogen-bond acceptors (Lipinski definition) is 6. The molecule has 100 valence electrons. The predicted molar refractivity (Wildman–Crippen MR) is 77.0 cm³/mol. The minimum Gasteiger partial charge on any atom is -0.495 e. The van der Waals surface area contributed by atoms with E-state index in [0.717, 1.165) is 11.4 Å². The maximum atomic E-state index is 6.05. The zero-order valence-corrected chi connectivity index (χ0v) is 11.2. The van der Waals surface area contributed by atoms with E-state index < -0.39 is 0 Å². The van der Waals surface area contributed by atoms with Crippen molar-refractivity contribution in [3.8, 4) is 5.75 Å². The van der Waals surface area contributed by atoms with E-state index >= 15 is 0 Å². The number of para-hydroxylation sites is 2. The van der Waals surface area contributed by atoms with Crippen LogP contribution in [-0.2, 0) is 0 Å². The maximum Gasteiger partial charge on any atom is 0.159 e. The lowest BCUT2D eigenvalue weighted by molar-refractivity contribution is 0.417. The van der Waals surface area contributed by atoms with E-state index in [4.69, 9.17) is 10.5 Å². The molecule has 6 nitrogen and oxygen atoms in total. The van der Waals surface area contributed by atoms with Gasteiger partial charge in [-0.1, -0.05) is 12.1 Å². The number of nitrogens with zero attached hydrogens (tertiary/aromatic N) is 3. The van der Waals surface area contributed by atoms with Crippen molar-refractivity contribution in [3.63, 3.8) is 0 Å². The predicted octanol–water partition coefficient (Wildman–Crippen LogP) is 1.88. The molecule has 2 rings (SSSR count). The summed E-state index contributed by atoms with van der Waals surface area (Å²) < 4.78 is 5.28. The molecule has 0 amide bonds. The second-order valence-electron chi connectivity index (χ2n) is 4.18. The molecule has 2 aromatic rings. The highest BCUT2D eigenvalue weighted by molar-refractivity contribution is 5.79. The first-order valence-electron chi connectivity index (χ1n) is 5.81. The Labute approximate surface area is 112 Å². The van der Waals surface area contributed by atoms with Gasteiger partial charge in [-0.2, -0.15) is 0 Å². The van der Waals surface area contributed by atoms with Crippen molar-refractivity contribution in [3.05, 3.63) is 30.6 Å². The topological polar surface area (TPSA) is 76.3 Å². The molecule has 0 atom stereocenters. The van der Waals surface area contributed by atoms with E-state index in [1.54, 1.807) is 7.11 Å². The van der Waals surface area contributed by atoms with Gasteiger partial charge in [-0.05, 0) is 12.1 Å². The van der Waals surface area contributed by atoms with Gasteiger partial charge in [-0.3, -0.25) is 0 Å². The van der Waals surface area contributed by atoms with Crippen LogP contribution in [0.3, 0.4) is 0 Å². The zero-order chi connectivity index (χ0) is 13.8. The van der Waals surface area contributed by atoms with Gasteiger partial charge in [-0.15, -0.1) is 0 Å². The van der Waals surface area contributed by atoms with Gasteiger partial charge in [0.25, 0.3) is 0 Å². The summed E-state index contributed by atoms with van der Waals surface area (Å²) >= 11 is 0. The quantitative estimate of drug-likeness (QED) is 0.873. The van der Waals surface area contributed by atoms with Gasteiger partial charge in [0.15, 0.2) is 11.6 Å². The molecule has 3 N–H and O–H groups in total. The molecule has 0 unspecified atom stereocenters. The van der Waals surface area contributed by atoms with E-state index in [9.17, 15) is 0 Å². The molecule has 1 heterocycles. The standard InChI is InChI=1S/C13H17N5O/c1-18(2)13-11(14)12(15-8-16-13)17-9-6-4-5-7-10(9)19-3/h4-8H,14H2,1-3H3,(H,15,16,17). The van der Waals surface area contributed by atoms with Crippen LogP contribution >= 0.6 is 0 Å². The molecule has 0 bridgehead atoms. The molecule has 0 radical (unpaired) electrons. The number of methoxy groups -OCH3 is 1. The van der Waals surface area contributed by atoms with Crippen molar-refractivity contribution in [2.24, 2.45) is 0 Å². The van der Waals surface area contributed by atoms with E-state index in [1.165, 1.54) is 6.33 Å². The third-order valence-electron chi connectivity index (χ3n) is 2.65. The fourth-order valence-electron chi connectivity index (χ4n) is 1.72. The largest absolute Gasteiger partial charge is 0.495 e. The molecule has 1 aromatic heterocycles. The minimum atomic E-state index is 0.499. The van der Waals surface area contributed by atoms with Crippen LogP contribution in [0.25, 0.3) is 0 Å². The zero-order valence-electron chi connectivity index (χ0n) is 11.2. The van der Waals surface area contributed by atoms with Gasteiger partial charge in [-0.25, -0.2) is 9.97 Å². The number of nitrogens with one attached hydrogen (secondary N) is 1. The van der Waals surface area contributed by atoms with Crippen LogP contribution < -0.4 is 20.7 Å². The summed E-state index contributed by atoms with van der Waals surface area (Å²) in [6.07, 6.45) is 1.48. The third kappa shape index (κ3) is 2.67. The van der Waals surface area contributed by atoms with Gasteiger partial charge in [0.05, 0.1) is 12.8 Å². The first kappa shape index (κ1) is 12.9. The highest BCUT2D eigenvalue weighted by atomic mass is 16.5. The molecule has 0 spiro atoms. The van der Waals surface area contributed by atoms with Gasteiger partial charge in [0, 0.05) is 14.1 Å². The summed E-state index contributed by atoms with van der Waals surface area (Å²) in [7, 11) is 5.38. The van der Waals surface area contributed by atoms with E-state index in [-0.39, 0.29) is 0 Å². The van der Waals surface area contributed by atoms with Crippen LogP contribution in [0.2, 0.25) is 0 Å². The molecule has 0 aliphatic rings. The summed E-state index contributed by atoms with van der Waals surface area (Å²) in [6.45, 7) is 0. The van der Waals surface area contributed by atoms with Crippen molar-refractivity contribution in [1.82, 2.24) is 9.97 Å². The molecule has 0 aliphatic heterocycles.